The zero-order valence-corrected chi connectivity index (χ0v) is 12.9. The maximum Gasteiger partial charge on any atom is 0.255 e. The maximum absolute atomic E-state index is 12.5. The summed E-state index contributed by atoms with van der Waals surface area (Å²) in [4.78, 5) is 16.8. The fourth-order valence-corrected chi connectivity index (χ4v) is 2.65. The van der Waals surface area contributed by atoms with Crippen molar-refractivity contribution in [2.45, 2.75) is 6.92 Å². The Kier molecular flexibility index (Phi) is 4.82. The van der Waals surface area contributed by atoms with E-state index >= 15 is 0 Å². The van der Waals surface area contributed by atoms with Crippen LogP contribution in [0.5, 0.6) is 5.75 Å². The molecule has 1 heterocycles. The predicted octanol–water partition coefficient (Wildman–Crippen LogP) is 2.24. The van der Waals surface area contributed by atoms with E-state index in [1.54, 1.807) is 13.2 Å². The molecule has 0 atom stereocenters. The summed E-state index contributed by atoms with van der Waals surface area (Å²) < 4.78 is 6.00. The van der Waals surface area contributed by atoms with Crippen LogP contribution in [0.15, 0.2) is 22.7 Å². The number of ether oxygens (including phenoxy) is 1. The van der Waals surface area contributed by atoms with E-state index in [0.717, 1.165) is 37.2 Å². The van der Waals surface area contributed by atoms with Crippen LogP contribution in [0.3, 0.4) is 0 Å². The van der Waals surface area contributed by atoms with Gasteiger partial charge in [0.15, 0.2) is 0 Å². The van der Waals surface area contributed by atoms with Crippen molar-refractivity contribution in [3.8, 4) is 5.75 Å². The normalized spacial score (nSPS) is 16.5. The number of likely N-dealkylation sites (N-methyl/N-ethyl adjacent to an activating group) is 1. The summed E-state index contributed by atoms with van der Waals surface area (Å²) in [6, 6.07) is 5.49. The van der Waals surface area contributed by atoms with Crippen molar-refractivity contribution in [2.75, 3.05) is 39.8 Å². The van der Waals surface area contributed by atoms with Crippen LogP contribution in [0.2, 0.25) is 0 Å². The molecule has 0 saturated carbocycles. The molecule has 1 aliphatic heterocycles. The number of carbonyl (C=O) groups is 1. The average molecular weight is 327 g/mol. The van der Waals surface area contributed by atoms with Gasteiger partial charge < -0.3 is 14.5 Å². The molecule has 104 valence electrons. The molecule has 0 N–H and O–H groups in total. The highest BCUT2D eigenvalue weighted by atomic mass is 79.9. The van der Waals surface area contributed by atoms with Crippen molar-refractivity contribution in [3.63, 3.8) is 0 Å². The van der Waals surface area contributed by atoms with E-state index < -0.39 is 0 Å². The van der Waals surface area contributed by atoms with Gasteiger partial charge in [0.2, 0.25) is 0 Å². The Labute approximate surface area is 122 Å². The molecule has 1 amide bonds. The number of piperazine rings is 1. The number of benzene rings is 1. The van der Waals surface area contributed by atoms with Gasteiger partial charge in [-0.3, -0.25) is 4.79 Å². The van der Waals surface area contributed by atoms with Gasteiger partial charge in [-0.1, -0.05) is 6.92 Å². The molecule has 0 aliphatic carbocycles. The van der Waals surface area contributed by atoms with Crippen molar-refractivity contribution in [3.05, 3.63) is 28.2 Å². The van der Waals surface area contributed by atoms with Crippen LogP contribution in [0.4, 0.5) is 0 Å². The summed E-state index contributed by atoms with van der Waals surface area (Å²) in [5.74, 6) is 0.778. The minimum Gasteiger partial charge on any atom is -0.497 e. The number of hydrogen-bond donors (Lipinski definition) is 0. The molecule has 0 unspecified atom stereocenters. The highest BCUT2D eigenvalue weighted by Gasteiger charge is 2.23. The lowest BCUT2D eigenvalue weighted by Crippen LogP contribution is -2.48. The van der Waals surface area contributed by atoms with Gasteiger partial charge in [-0.2, -0.15) is 0 Å². The molecular formula is C14H19BrN2O2. The summed E-state index contributed by atoms with van der Waals surface area (Å²) in [5, 5.41) is 0. The van der Waals surface area contributed by atoms with Crippen LogP contribution in [0.1, 0.15) is 17.3 Å². The van der Waals surface area contributed by atoms with Crippen LogP contribution in [-0.2, 0) is 0 Å². The number of methoxy groups -OCH3 is 1. The first-order chi connectivity index (χ1) is 9.15. The fraction of sp³-hybridized carbons (Fsp3) is 0.500. The predicted molar refractivity (Wildman–Crippen MR) is 78.7 cm³/mol. The summed E-state index contributed by atoms with van der Waals surface area (Å²) >= 11 is 3.44. The van der Waals surface area contributed by atoms with Gasteiger partial charge in [-0.15, -0.1) is 0 Å². The zero-order chi connectivity index (χ0) is 13.8. The molecule has 0 spiro atoms. The van der Waals surface area contributed by atoms with Gasteiger partial charge in [0.1, 0.15) is 5.75 Å². The third kappa shape index (κ3) is 3.28. The Bertz CT molecular complexity index is 457. The van der Waals surface area contributed by atoms with Gasteiger partial charge >= 0.3 is 0 Å². The van der Waals surface area contributed by atoms with Crippen molar-refractivity contribution in [1.82, 2.24) is 9.80 Å². The molecule has 19 heavy (non-hydrogen) atoms. The van der Waals surface area contributed by atoms with E-state index in [4.69, 9.17) is 4.74 Å². The Morgan fingerprint density at radius 3 is 2.58 bits per heavy atom. The topological polar surface area (TPSA) is 32.8 Å². The van der Waals surface area contributed by atoms with E-state index in [1.165, 1.54) is 0 Å². The van der Waals surface area contributed by atoms with E-state index in [0.29, 0.717) is 11.3 Å². The second kappa shape index (κ2) is 6.39. The minimum absolute atomic E-state index is 0.0709. The van der Waals surface area contributed by atoms with Crippen molar-refractivity contribution in [2.24, 2.45) is 0 Å². The molecule has 4 nitrogen and oxygen atoms in total. The number of rotatable bonds is 3. The average Bonchev–Trinajstić information content (AvgIpc) is 2.47. The molecule has 1 aromatic carbocycles. The first-order valence-electron chi connectivity index (χ1n) is 6.51. The lowest BCUT2D eigenvalue weighted by molar-refractivity contribution is 0.0642. The molecule has 0 radical (unpaired) electrons. The summed E-state index contributed by atoms with van der Waals surface area (Å²) in [5.41, 5.74) is 0.671. The van der Waals surface area contributed by atoms with Crippen LogP contribution in [0.25, 0.3) is 0 Å². The SMILES string of the molecule is CCN1CCN(C(=O)c2cc(OC)ccc2Br)CC1. The van der Waals surface area contributed by atoms with Crippen LogP contribution >= 0.6 is 15.9 Å². The summed E-state index contributed by atoms with van der Waals surface area (Å²) in [6.45, 7) is 6.67. The van der Waals surface area contributed by atoms with Crippen LogP contribution < -0.4 is 4.74 Å². The number of halogens is 1. The molecule has 0 bridgehead atoms. The van der Waals surface area contributed by atoms with E-state index in [1.807, 2.05) is 17.0 Å². The first-order valence-corrected chi connectivity index (χ1v) is 7.30. The lowest BCUT2D eigenvalue weighted by Gasteiger charge is -2.34. The Balaban J connectivity index is 2.11. The number of hydrogen-bond acceptors (Lipinski definition) is 3. The molecule has 1 aromatic rings. The summed E-state index contributed by atoms with van der Waals surface area (Å²) in [7, 11) is 1.61. The summed E-state index contributed by atoms with van der Waals surface area (Å²) in [6.07, 6.45) is 0. The van der Waals surface area contributed by atoms with E-state index in [9.17, 15) is 4.79 Å². The highest BCUT2D eigenvalue weighted by Crippen LogP contribution is 2.24. The molecular weight excluding hydrogens is 308 g/mol. The van der Waals surface area contributed by atoms with Crippen LogP contribution in [0, 0.1) is 0 Å². The van der Waals surface area contributed by atoms with Crippen molar-refractivity contribution >= 4 is 21.8 Å². The molecule has 5 heteroatoms. The largest absolute Gasteiger partial charge is 0.497 e. The highest BCUT2D eigenvalue weighted by molar-refractivity contribution is 9.10. The third-order valence-electron chi connectivity index (χ3n) is 3.51. The van der Waals surface area contributed by atoms with Crippen LogP contribution in [-0.4, -0.2) is 55.5 Å². The number of amides is 1. The molecule has 1 fully saturated rings. The standard InChI is InChI=1S/C14H19BrN2O2/c1-3-16-6-8-17(9-7-16)14(18)12-10-11(19-2)4-5-13(12)15/h4-5,10H,3,6-9H2,1-2H3. The lowest BCUT2D eigenvalue weighted by atomic mass is 10.1. The van der Waals surface area contributed by atoms with Crippen molar-refractivity contribution < 1.29 is 9.53 Å². The van der Waals surface area contributed by atoms with Gasteiger partial charge in [-0.25, -0.2) is 0 Å². The van der Waals surface area contributed by atoms with E-state index in [2.05, 4.69) is 27.8 Å². The second-order valence-corrected chi connectivity index (χ2v) is 5.43. The minimum atomic E-state index is 0.0709. The Morgan fingerprint density at radius 1 is 1.32 bits per heavy atom. The molecule has 2 rings (SSSR count). The maximum atomic E-state index is 12.5. The monoisotopic (exact) mass is 326 g/mol. The van der Waals surface area contributed by atoms with Crippen molar-refractivity contribution in [1.29, 1.82) is 0 Å². The number of carbonyl (C=O) groups excluding carboxylic acids is 1. The fourth-order valence-electron chi connectivity index (χ4n) is 2.23. The molecule has 0 aromatic heterocycles. The Hall–Kier alpha value is -1.07. The smallest absolute Gasteiger partial charge is 0.255 e. The zero-order valence-electron chi connectivity index (χ0n) is 11.4. The molecule has 1 saturated heterocycles. The third-order valence-corrected chi connectivity index (χ3v) is 4.20. The van der Waals surface area contributed by atoms with E-state index in [-0.39, 0.29) is 5.91 Å². The quantitative estimate of drug-likeness (QED) is 0.854. The Morgan fingerprint density at radius 2 is 2.00 bits per heavy atom. The van der Waals surface area contributed by atoms with Gasteiger partial charge in [-0.05, 0) is 40.7 Å². The van der Waals surface area contributed by atoms with Gasteiger partial charge in [0, 0.05) is 30.7 Å². The second-order valence-electron chi connectivity index (χ2n) is 4.57. The van der Waals surface area contributed by atoms with Gasteiger partial charge in [0.25, 0.3) is 5.91 Å². The van der Waals surface area contributed by atoms with Gasteiger partial charge in [0.05, 0.1) is 12.7 Å². The number of nitrogens with zero attached hydrogens (tertiary/aromatic N) is 2. The molecule has 1 aliphatic rings. The first kappa shape index (κ1) is 14.3.